The highest BCUT2D eigenvalue weighted by Crippen LogP contribution is 2.47. The molecular formula is C138H181N5. The summed E-state index contributed by atoms with van der Waals surface area (Å²) in [5, 5.41) is 14.0. The Morgan fingerprint density at radius 1 is 0.147 bits per heavy atom. The molecule has 0 N–H and O–H groups in total. The molecule has 5 aliphatic rings. The summed E-state index contributed by atoms with van der Waals surface area (Å²) in [5.74, 6) is 0. The van der Waals surface area contributed by atoms with Crippen LogP contribution in [0.5, 0.6) is 0 Å². The smallest absolute Gasteiger partial charge is 0.0533 e. The standard InChI is InChI=1S/3C22H19N.2C21H17N.15C2H6/c1-2-23-21-10-6-5-9-19(21)20-13-17-11-15-7-3-4-8-16(15)12-18(17)14-22(20)23;1-2-23-20-10-6-5-9-18(20)22-19-14-16-8-4-3-7-15(16)13-17(19)11-12-21(22)23;1-2-23-21-10-6-5-9-18(21)19-12-11-17-13-15-7-3-4-8-16(15)14-20(17)22(19)23;1-2-22-20-10-6-5-9-17(20)19-13-18-15(12-21(19)22)11-14-7-3-4-8-16(14)18;1-2-22-20-10-6-5-9-17(20)18-12-11-16-15-8-4-3-7-14(15)13-19(16)21(18)22;15*1-2/h3-10,13-14H,2,11-12H2,1H3;2*3-12H,2,13-14H2,1H3;3-10,12-13H,2,11H2,1H3;3-12H,2,13H2,1H3;15*1-2H3. The van der Waals surface area contributed by atoms with Crippen molar-refractivity contribution in [2.45, 2.75) is 326 Å². The van der Waals surface area contributed by atoms with Crippen LogP contribution in [0.25, 0.3) is 131 Å². The van der Waals surface area contributed by atoms with E-state index in [1.807, 2.05) is 208 Å². The van der Waals surface area contributed by atoms with Gasteiger partial charge in [-0.05, 0) is 245 Å². The molecule has 20 aromatic rings. The molecule has 0 amide bonds. The van der Waals surface area contributed by atoms with E-state index in [-0.39, 0.29) is 0 Å². The fraction of sp³-hybridized carbons (Fsp3) is 0.348. The van der Waals surface area contributed by atoms with Crippen LogP contribution in [0.4, 0.5) is 0 Å². The number of hydrogen-bond donors (Lipinski definition) is 0. The Labute approximate surface area is 866 Å². The van der Waals surface area contributed by atoms with E-state index in [9.17, 15) is 0 Å². The van der Waals surface area contributed by atoms with Crippen molar-refractivity contribution in [3.05, 3.63) is 392 Å². The molecule has 0 unspecified atom stereocenters. The van der Waals surface area contributed by atoms with Gasteiger partial charge in [0.2, 0.25) is 0 Å². The molecular weight excluding hydrogens is 1730 g/mol. The van der Waals surface area contributed by atoms with Crippen LogP contribution >= 0.6 is 0 Å². The zero-order chi connectivity index (χ0) is 106. The molecule has 25 rings (SSSR count). The number of nitrogens with zero attached hydrogens (tertiary/aromatic N) is 5. The first-order valence-electron chi connectivity index (χ1n) is 56.3. The second-order valence-corrected chi connectivity index (χ2v) is 31.7. The van der Waals surface area contributed by atoms with Crippen molar-refractivity contribution in [1.29, 1.82) is 0 Å². The zero-order valence-corrected chi connectivity index (χ0v) is 95.3. The fourth-order valence-corrected chi connectivity index (χ4v) is 20.8. The molecule has 0 saturated heterocycles. The van der Waals surface area contributed by atoms with Gasteiger partial charge in [-0.15, -0.1) is 0 Å². The first-order chi connectivity index (χ1) is 70.8. The maximum absolute atomic E-state index is 2.50. The molecule has 15 aromatic carbocycles. The van der Waals surface area contributed by atoms with Crippen LogP contribution < -0.4 is 0 Å². The fourth-order valence-electron chi connectivity index (χ4n) is 20.8. The summed E-state index contributed by atoms with van der Waals surface area (Å²) in [6.45, 7) is 76.3. The summed E-state index contributed by atoms with van der Waals surface area (Å²) < 4.78 is 12.3. The Hall–Kier alpha value is -12.7. The number of aryl methyl sites for hydroxylation is 5. The molecule has 143 heavy (non-hydrogen) atoms. The van der Waals surface area contributed by atoms with Crippen molar-refractivity contribution >= 4 is 109 Å². The lowest BCUT2D eigenvalue weighted by Crippen LogP contribution is -2.09. The van der Waals surface area contributed by atoms with Gasteiger partial charge in [-0.1, -0.05) is 450 Å². The summed E-state index contributed by atoms with van der Waals surface area (Å²) in [5.41, 5.74) is 43.3. The van der Waals surface area contributed by atoms with E-state index in [0.717, 1.165) is 84.1 Å². The SMILES string of the molecule is CC.CC.CC.CC.CC.CC.CC.CC.CC.CC.CC.CC.CC.CC.CC.CCn1c2ccccc2c2c3c(ccc21)Cc1ccccc1C3.CCn1c2ccccc2c2cc3c(cc21)Cc1ccccc1-3.CCn1c2ccccc2c2cc3c(cc21)Cc1ccccc1C3.CCn1c2ccccc2c2ccc3c(c21)Cc1ccccc1-3.CCn1c2ccccc2c2ccc3c(c21)Cc1ccccc1C3. The van der Waals surface area contributed by atoms with Gasteiger partial charge >= 0.3 is 0 Å². The van der Waals surface area contributed by atoms with Gasteiger partial charge in [-0.3, -0.25) is 0 Å². The molecule has 5 heterocycles. The van der Waals surface area contributed by atoms with E-state index in [4.69, 9.17) is 0 Å². The highest BCUT2D eigenvalue weighted by molar-refractivity contribution is 6.14. The summed E-state index contributed by atoms with van der Waals surface area (Å²) in [7, 11) is 0. The van der Waals surface area contributed by atoms with E-state index < -0.39 is 0 Å². The first kappa shape index (κ1) is 119. The number of para-hydroxylation sites is 5. The van der Waals surface area contributed by atoms with E-state index in [1.54, 1.807) is 0 Å². The predicted molar refractivity (Wildman–Crippen MR) is 648 cm³/mol. The molecule has 0 saturated carbocycles. The van der Waals surface area contributed by atoms with Gasteiger partial charge in [-0.25, -0.2) is 0 Å². The minimum Gasteiger partial charge on any atom is -0.341 e. The summed E-state index contributed by atoms with van der Waals surface area (Å²) in [6, 6.07) is 112. The molecule has 0 fully saturated rings. The highest BCUT2D eigenvalue weighted by atomic mass is 15.0. The molecule has 5 heteroatoms. The summed E-state index contributed by atoms with van der Waals surface area (Å²) in [4.78, 5) is 0. The van der Waals surface area contributed by atoms with Gasteiger partial charge in [0.15, 0.2) is 0 Å². The molecule has 0 radical (unpaired) electrons. The molecule has 5 aromatic heterocycles. The Kier molecular flexibility index (Phi) is 51.6. The Morgan fingerprint density at radius 3 is 0.818 bits per heavy atom. The molecule has 5 aliphatic carbocycles. The van der Waals surface area contributed by atoms with Gasteiger partial charge in [0, 0.05) is 144 Å². The van der Waals surface area contributed by atoms with Crippen molar-refractivity contribution in [1.82, 2.24) is 22.8 Å². The van der Waals surface area contributed by atoms with Crippen molar-refractivity contribution in [3.8, 4) is 22.3 Å². The molecule has 5 nitrogen and oxygen atoms in total. The average Bonchev–Trinajstić information content (AvgIpc) is 1.58. The van der Waals surface area contributed by atoms with E-state index in [2.05, 4.69) is 361 Å². The number of benzene rings is 15. The Balaban J connectivity index is 0.000000256. The monoisotopic (exact) mass is 1910 g/mol. The summed E-state index contributed by atoms with van der Waals surface area (Å²) in [6.07, 6.45) is 8.48. The average molecular weight is 1910 g/mol. The van der Waals surface area contributed by atoms with Crippen LogP contribution in [0, 0.1) is 0 Å². The number of hydrogen-bond acceptors (Lipinski definition) is 0. The molecule has 0 spiro atoms. The molecule has 0 atom stereocenters. The Bertz CT molecular complexity index is 7190. The van der Waals surface area contributed by atoms with Crippen LogP contribution in [-0.2, 0) is 84.1 Å². The minimum atomic E-state index is 1.01. The van der Waals surface area contributed by atoms with Gasteiger partial charge in [0.1, 0.15) is 0 Å². The van der Waals surface area contributed by atoms with Crippen molar-refractivity contribution in [2.75, 3.05) is 0 Å². The van der Waals surface area contributed by atoms with E-state index >= 15 is 0 Å². The second kappa shape index (κ2) is 62.0. The maximum atomic E-state index is 2.50. The van der Waals surface area contributed by atoms with Crippen LogP contribution in [0.3, 0.4) is 0 Å². The van der Waals surface area contributed by atoms with Gasteiger partial charge in [0.25, 0.3) is 0 Å². The zero-order valence-electron chi connectivity index (χ0n) is 95.3. The van der Waals surface area contributed by atoms with Crippen LogP contribution in [0.15, 0.2) is 303 Å². The number of aromatic nitrogens is 5. The number of rotatable bonds is 5. The number of fused-ring (bicyclic) bond motifs is 30. The quantitative estimate of drug-likeness (QED) is 0.164. The second-order valence-electron chi connectivity index (χ2n) is 31.7. The van der Waals surface area contributed by atoms with Gasteiger partial charge in [0.05, 0.1) is 11.0 Å². The topological polar surface area (TPSA) is 24.6 Å². The van der Waals surface area contributed by atoms with Crippen LogP contribution in [0.1, 0.15) is 331 Å². The maximum Gasteiger partial charge on any atom is 0.0533 e. The highest BCUT2D eigenvalue weighted by Gasteiger charge is 2.28. The molecule has 758 valence electrons. The summed E-state index contributed by atoms with van der Waals surface area (Å²) >= 11 is 0. The normalized spacial score (nSPS) is 11.0. The van der Waals surface area contributed by atoms with Crippen molar-refractivity contribution in [2.24, 2.45) is 0 Å². The van der Waals surface area contributed by atoms with E-state index in [0.29, 0.717) is 0 Å². The Morgan fingerprint density at radius 2 is 0.406 bits per heavy atom. The van der Waals surface area contributed by atoms with Crippen molar-refractivity contribution < 1.29 is 0 Å². The van der Waals surface area contributed by atoms with Gasteiger partial charge in [-0.2, -0.15) is 0 Å². The lowest BCUT2D eigenvalue weighted by atomic mass is 9.84. The third kappa shape index (κ3) is 24.9. The molecule has 0 aliphatic heterocycles. The van der Waals surface area contributed by atoms with Crippen LogP contribution in [-0.4, -0.2) is 22.8 Å². The van der Waals surface area contributed by atoms with Gasteiger partial charge < -0.3 is 22.8 Å². The lowest BCUT2D eigenvalue weighted by Gasteiger charge is -2.21. The first-order valence-corrected chi connectivity index (χ1v) is 56.3. The molecule has 0 bridgehead atoms. The third-order valence-electron chi connectivity index (χ3n) is 26.0. The predicted octanol–water partition coefficient (Wildman–Crippen LogP) is 42.1. The largest absolute Gasteiger partial charge is 0.341 e. The third-order valence-corrected chi connectivity index (χ3v) is 26.0. The lowest BCUT2D eigenvalue weighted by molar-refractivity contribution is 0.819. The minimum absolute atomic E-state index is 1.01. The van der Waals surface area contributed by atoms with E-state index in [1.165, 1.54) is 220 Å². The van der Waals surface area contributed by atoms with Crippen LogP contribution in [0.2, 0.25) is 0 Å². The van der Waals surface area contributed by atoms with Crippen molar-refractivity contribution in [3.63, 3.8) is 0 Å².